The Bertz CT molecular complexity index is 689. The fourth-order valence-corrected chi connectivity index (χ4v) is 3.24. The van der Waals surface area contributed by atoms with E-state index < -0.39 is 0 Å². The highest BCUT2D eigenvalue weighted by Gasteiger charge is 2.29. The number of halogens is 1. The first-order valence-corrected chi connectivity index (χ1v) is 8.41. The molecule has 2 aromatic rings. The molecule has 0 N–H and O–H groups in total. The summed E-state index contributed by atoms with van der Waals surface area (Å²) in [6, 6.07) is 16.8. The molecule has 0 aliphatic carbocycles. The van der Waals surface area contributed by atoms with Crippen molar-refractivity contribution in [2.24, 2.45) is 0 Å². The van der Waals surface area contributed by atoms with Crippen LogP contribution in [0.15, 0.2) is 54.6 Å². The zero-order chi connectivity index (χ0) is 16.9. The Morgan fingerprint density at radius 3 is 2.54 bits per heavy atom. The maximum absolute atomic E-state index is 14.1. The van der Waals surface area contributed by atoms with Crippen LogP contribution >= 0.6 is 0 Å². The highest BCUT2D eigenvalue weighted by Crippen LogP contribution is 2.26. The molecule has 0 radical (unpaired) electrons. The van der Waals surface area contributed by atoms with E-state index in [1.165, 1.54) is 11.6 Å². The van der Waals surface area contributed by atoms with E-state index in [-0.39, 0.29) is 17.8 Å². The van der Waals surface area contributed by atoms with Crippen molar-refractivity contribution in [2.45, 2.75) is 18.9 Å². The lowest BCUT2D eigenvalue weighted by Gasteiger charge is -2.40. The first kappa shape index (κ1) is 16.7. The summed E-state index contributed by atoms with van der Waals surface area (Å²) in [5.41, 5.74) is 1.84. The number of rotatable bonds is 4. The minimum absolute atomic E-state index is 0.0828. The molecule has 1 aliphatic heterocycles. The number of amides is 1. The summed E-state index contributed by atoms with van der Waals surface area (Å²) >= 11 is 0. The highest BCUT2D eigenvalue weighted by molar-refractivity contribution is 5.76. The van der Waals surface area contributed by atoms with Gasteiger partial charge in [0.25, 0.3) is 0 Å². The summed E-state index contributed by atoms with van der Waals surface area (Å²) < 4.78 is 14.1. The number of hydrogen-bond acceptors (Lipinski definition) is 2. The highest BCUT2D eigenvalue weighted by atomic mass is 19.1. The van der Waals surface area contributed by atoms with Gasteiger partial charge in [0.1, 0.15) is 5.82 Å². The summed E-state index contributed by atoms with van der Waals surface area (Å²) in [5.74, 6) is -0.0544. The molecule has 0 saturated carbocycles. The van der Waals surface area contributed by atoms with E-state index >= 15 is 0 Å². The summed E-state index contributed by atoms with van der Waals surface area (Å²) in [6.07, 6.45) is 1.24. The van der Waals surface area contributed by atoms with Gasteiger partial charge in [-0.05, 0) is 25.1 Å². The molecule has 1 aliphatic rings. The van der Waals surface area contributed by atoms with Gasteiger partial charge in [0.05, 0.1) is 6.04 Å². The summed E-state index contributed by atoms with van der Waals surface area (Å²) in [6.45, 7) is 2.01. The minimum Gasteiger partial charge on any atom is -0.339 e. The minimum atomic E-state index is -0.201. The topological polar surface area (TPSA) is 23.6 Å². The van der Waals surface area contributed by atoms with Crippen LogP contribution in [0.3, 0.4) is 0 Å². The van der Waals surface area contributed by atoms with Gasteiger partial charge in [-0.25, -0.2) is 4.39 Å². The number of piperazine rings is 1. The van der Waals surface area contributed by atoms with Crippen LogP contribution in [0.5, 0.6) is 0 Å². The molecule has 4 heteroatoms. The third-order valence-electron chi connectivity index (χ3n) is 4.74. The zero-order valence-corrected chi connectivity index (χ0v) is 14.0. The van der Waals surface area contributed by atoms with Crippen molar-refractivity contribution < 1.29 is 9.18 Å². The number of hydrogen-bond donors (Lipinski definition) is 0. The van der Waals surface area contributed by atoms with E-state index in [1.807, 2.05) is 54.4 Å². The molecule has 24 heavy (non-hydrogen) atoms. The Morgan fingerprint density at radius 2 is 1.79 bits per heavy atom. The number of carbonyl (C=O) groups excluding carboxylic acids is 1. The van der Waals surface area contributed by atoms with Crippen LogP contribution in [-0.2, 0) is 11.2 Å². The molecule has 3 nitrogen and oxygen atoms in total. The Kier molecular flexibility index (Phi) is 5.26. The lowest BCUT2D eigenvalue weighted by Crippen LogP contribution is -2.49. The second-order valence-corrected chi connectivity index (χ2v) is 6.34. The van der Waals surface area contributed by atoms with Gasteiger partial charge in [-0.1, -0.05) is 48.5 Å². The van der Waals surface area contributed by atoms with Crippen molar-refractivity contribution in [3.63, 3.8) is 0 Å². The summed E-state index contributed by atoms with van der Waals surface area (Å²) in [7, 11) is 1.99. The van der Waals surface area contributed by atoms with Crippen LogP contribution in [0.1, 0.15) is 23.6 Å². The molecule has 1 atom stereocenters. The van der Waals surface area contributed by atoms with E-state index in [0.29, 0.717) is 25.1 Å². The number of likely N-dealkylation sites (N-methyl/N-ethyl adjacent to an activating group) is 1. The molecule has 1 unspecified atom stereocenters. The Hall–Kier alpha value is -2.20. The Labute approximate surface area is 142 Å². The van der Waals surface area contributed by atoms with Crippen LogP contribution in [0.2, 0.25) is 0 Å². The molecule has 1 heterocycles. The lowest BCUT2D eigenvalue weighted by molar-refractivity contribution is -0.134. The van der Waals surface area contributed by atoms with Gasteiger partial charge >= 0.3 is 0 Å². The van der Waals surface area contributed by atoms with Crippen LogP contribution in [-0.4, -0.2) is 42.4 Å². The van der Waals surface area contributed by atoms with E-state index in [1.54, 1.807) is 6.07 Å². The molecule has 2 aromatic carbocycles. The van der Waals surface area contributed by atoms with E-state index in [9.17, 15) is 9.18 Å². The maximum Gasteiger partial charge on any atom is 0.223 e. The standard InChI is InChI=1S/C20H23FN2O/c1-22-13-14-23(15-19(22)17-9-5-6-10-18(17)21)20(24)12-11-16-7-3-2-4-8-16/h2-10,19H,11-15H2,1H3. The number of aryl methyl sites for hydroxylation is 1. The number of nitrogens with zero attached hydrogens (tertiary/aromatic N) is 2. The van der Waals surface area contributed by atoms with Crippen molar-refractivity contribution >= 4 is 5.91 Å². The van der Waals surface area contributed by atoms with Crippen LogP contribution in [0, 0.1) is 5.82 Å². The van der Waals surface area contributed by atoms with Gasteiger partial charge in [-0.3, -0.25) is 9.69 Å². The molecule has 1 fully saturated rings. The van der Waals surface area contributed by atoms with E-state index in [0.717, 1.165) is 13.0 Å². The van der Waals surface area contributed by atoms with Crippen molar-refractivity contribution in [3.8, 4) is 0 Å². The third kappa shape index (κ3) is 3.82. The molecule has 1 amide bonds. The van der Waals surface area contributed by atoms with Gasteiger partial charge < -0.3 is 4.90 Å². The Balaban J connectivity index is 1.64. The largest absolute Gasteiger partial charge is 0.339 e. The van der Waals surface area contributed by atoms with Crippen molar-refractivity contribution in [3.05, 3.63) is 71.5 Å². The first-order chi connectivity index (χ1) is 11.6. The van der Waals surface area contributed by atoms with Gasteiger partial charge in [-0.2, -0.15) is 0 Å². The molecule has 0 spiro atoms. The molecule has 3 rings (SSSR count). The van der Waals surface area contributed by atoms with Crippen molar-refractivity contribution in [1.82, 2.24) is 9.80 Å². The second kappa shape index (κ2) is 7.58. The van der Waals surface area contributed by atoms with Crippen molar-refractivity contribution in [1.29, 1.82) is 0 Å². The first-order valence-electron chi connectivity index (χ1n) is 8.41. The third-order valence-corrected chi connectivity index (χ3v) is 4.74. The van der Waals surface area contributed by atoms with Gasteiger partial charge in [-0.15, -0.1) is 0 Å². The van der Waals surface area contributed by atoms with Gasteiger partial charge in [0.15, 0.2) is 0 Å². The average molecular weight is 326 g/mol. The van der Waals surface area contributed by atoms with Crippen LogP contribution in [0.4, 0.5) is 4.39 Å². The van der Waals surface area contributed by atoms with E-state index in [4.69, 9.17) is 0 Å². The van der Waals surface area contributed by atoms with Gasteiger partial charge in [0, 0.05) is 31.6 Å². The smallest absolute Gasteiger partial charge is 0.223 e. The molecule has 0 aromatic heterocycles. The molecular formula is C20H23FN2O. The maximum atomic E-state index is 14.1. The Morgan fingerprint density at radius 1 is 1.08 bits per heavy atom. The number of carbonyl (C=O) groups is 1. The van der Waals surface area contributed by atoms with Crippen molar-refractivity contribution in [2.75, 3.05) is 26.7 Å². The normalized spacial score (nSPS) is 18.6. The monoisotopic (exact) mass is 326 g/mol. The lowest BCUT2D eigenvalue weighted by atomic mass is 10.0. The van der Waals surface area contributed by atoms with Gasteiger partial charge in [0.2, 0.25) is 5.91 Å². The predicted octanol–water partition coefficient (Wildman–Crippen LogP) is 3.27. The SMILES string of the molecule is CN1CCN(C(=O)CCc2ccccc2)CC1c1ccccc1F. The van der Waals surface area contributed by atoms with Crippen LogP contribution in [0.25, 0.3) is 0 Å². The fourth-order valence-electron chi connectivity index (χ4n) is 3.24. The summed E-state index contributed by atoms with van der Waals surface area (Å²) in [5, 5.41) is 0. The number of benzene rings is 2. The molecular weight excluding hydrogens is 303 g/mol. The fraction of sp³-hybridized carbons (Fsp3) is 0.350. The second-order valence-electron chi connectivity index (χ2n) is 6.34. The molecule has 126 valence electrons. The predicted molar refractivity (Wildman–Crippen MR) is 93.1 cm³/mol. The quantitative estimate of drug-likeness (QED) is 0.861. The molecule has 0 bridgehead atoms. The molecule has 1 saturated heterocycles. The van der Waals surface area contributed by atoms with E-state index in [2.05, 4.69) is 4.90 Å². The summed E-state index contributed by atoms with van der Waals surface area (Å²) in [4.78, 5) is 16.6. The average Bonchev–Trinajstić information content (AvgIpc) is 2.62. The van der Waals surface area contributed by atoms with Crippen LogP contribution < -0.4 is 0 Å². The zero-order valence-electron chi connectivity index (χ0n) is 14.0.